The van der Waals surface area contributed by atoms with Gasteiger partial charge in [-0.25, -0.2) is 0 Å². The molecule has 0 saturated carbocycles. The zero-order valence-electron chi connectivity index (χ0n) is 10.7. The second kappa shape index (κ2) is 4.44. The number of benzene rings is 1. The number of alkyl halides is 5. The minimum Gasteiger partial charge on any atom is -0.378 e. The standard InChI is InChI=1S/C13H15F5O/c1-10(2,3)11(19,9-7-5-4-6-8-9)12(14,15)13(16,17)18/h4-8,19H,1-3H3. The van der Waals surface area contributed by atoms with Crippen LogP contribution in [0.4, 0.5) is 22.0 Å². The first-order valence-electron chi connectivity index (χ1n) is 5.58. The van der Waals surface area contributed by atoms with Crippen molar-refractivity contribution in [2.75, 3.05) is 0 Å². The van der Waals surface area contributed by atoms with E-state index < -0.39 is 28.7 Å². The van der Waals surface area contributed by atoms with Gasteiger partial charge in [-0.05, 0) is 5.56 Å². The Balaban J connectivity index is 3.57. The number of rotatable bonds is 2. The number of hydrogen-bond acceptors (Lipinski definition) is 1. The van der Waals surface area contributed by atoms with Crippen molar-refractivity contribution in [3.8, 4) is 0 Å². The summed E-state index contributed by atoms with van der Waals surface area (Å²) in [5.41, 5.74) is -5.53. The highest BCUT2D eigenvalue weighted by Gasteiger charge is 2.73. The van der Waals surface area contributed by atoms with Gasteiger partial charge in [-0.2, -0.15) is 22.0 Å². The number of hydrogen-bond donors (Lipinski definition) is 1. The Hall–Kier alpha value is -1.17. The van der Waals surface area contributed by atoms with Gasteiger partial charge in [0.05, 0.1) is 0 Å². The van der Waals surface area contributed by atoms with Crippen LogP contribution >= 0.6 is 0 Å². The molecule has 1 N–H and O–H groups in total. The lowest BCUT2D eigenvalue weighted by Crippen LogP contribution is -2.61. The lowest BCUT2D eigenvalue weighted by Gasteiger charge is -2.45. The van der Waals surface area contributed by atoms with Gasteiger partial charge in [0, 0.05) is 5.41 Å². The predicted octanol–water partition coefficient (Wildman–Crippen LogP) is 4.12. The van der Waals surface area contributed by atoms with E-state index in [1.807, 2.05) is 0 Å². The van der Waals surface area contributed by atoms with Crippen LogP contribution in [0.5, 0.6) is 0 Å². The van der Waals surface area contributed by atoms with Crippen LogP contribution in [0.3, 0.4) is 0 Å². The van der Waals surface area contributed by atoms with Gasteiger partial charge in [-0.3, -0.25) is 0 Å². The van der Waals surface area contributed by atoms with Gasteiger partial charge in [0.25, 0.3) is 0 Å². The zero-order chi connectivity index (χ0) is 15.1. The summed E-state index contributed by atoms with van der Waals surface area (Å²) < 4.78 is 65.5. The molecule has 1 nitrogen and oxygen atoms in total. The first-order chi connectivity index (χ1) is 8.36. The van der Waals surface area contributed by atoms with Crippen molar-refractivity contribution in [3.63, 3.8) is 0 Å². The highest BCUT2D eigenvalue weighted by atomic mass is 19.4. The van der Waals surface area contributed by atoms with Crippen LogP contribution < -0.4 is 0 Å². The molecule has 0 fully saturated rings. The van der Waals surface area contributed by atoms with Crippen LogP contribution in [0.1, 0.15) is 26.3 Å². The molecule has 0 heterocycles. The van der Waals surface area contributed by atoms with Gasteiger partial charge in [-0.15, -0.1) is 0 Å². The van der Waals surface area contributed by atoms with E-state index in [2.05, 4.69) is 0 Å². The molecule has 0 spiro atoms. The smallest absolute Gasteiger partial charge is 0.378 e. The first-order valence-corrected chi connectivity index (χ1v) is 5.58. The molecule has 19 heavy (non-hydrogen) atoms. The van der Waals surface area contributed by atoms with Crippen LogP contribution in [0.15, 0.2) is 30.3 Å². The largest absolute Gasteiger partial charge is 0.456 e. The molecule has 0 amide bonds. The van der Waals surface area contributed by atoms with Crippen molar-refractivity contribution in [1.82, 2.24) is 0 Å². The van der Waals surface area contributed by atoms with Crippen LogP contribution in [0.25, 0.3) is 0 Å². The second-order valence-corrected chi connectivity index (χ2v) is 5.40. The molecule has 0 saturated heterocycles. The maximum atomic E-state index is 13.8. The van der Waals surface area contributed by atoms with Gasteiger partial charge in [-0.1, -0.05) is 51.1 Å². The van der Waals surface area contributed by atoms with Crippen LogP contribution in [-0.2, 0) is 5.60 Å². The van der Waals surface area contributed by atoms with E-state index in [0.717, 1.165) is 32.9 Å². The molecule has 0 aliphatic rings. The SMILES string of the molecule is CC(C)(C)C(O)(c1ccccc1)C(F)(F)C(F)(F)F. The number of aliphatic hydroxyl groups is 1. The summed E-state index contributed by atoms with van der Waals surface area (Å²) in [6.45, 7) is 3.42. The van der Waals surface area contributed by atoms with Gasteiger partial charge >= 0.3 is 12.1 Å². The molecule has 6 heteroatoms. The fourth-order valence-electron chi connectivity index (χ4n) is 1.97. The first kappa shape index (κ1) is 15.9. The summed E-state index contributed by atoms with van der Waals surface area (Å²) >= 11 is 0. The Morgan fingerprint density at radius 3 is 1.58 bits per heavy atom. The fraction of sp³-hybridized carbons (Fsp3) is 0.538. The highest BCUT2D eigenvalue weighted by molar-refractivity contribution is 5.28. The third-order valence-electron chi connectivity index (χ3n) is 3.09. The lowest BCUT2D eigenvalue weighted by molar-refractivity contribution is -0.366. The maximum Gasteiger partial charge on any atom is 0.456 e. The summed E-state index contributed by atoms with van der Waals surface area (Å²) in [6, 6.07) is 6.20. The molecular weight excluding hydrogens is 267 g/mol. The van der Waals surface area contributed by atoms with Crippen LogP contribution in [0.2, 0.25) is 0 Å². The Morgan fingerprint density at radius 1 is 0.842 bits per heavy atom. The van der Waals surface area contributed by atoms with Crippen LogP contribution in [0, 0.1) is 5.41 Å². The lowest BCUT2D eigenvalue weighted by atomic mass is 9.68. The summed E-state index contributed by atoms with van der Waals surface area (Å²) in [7, 11) is 0. The van der Waals surface area contributed by atoms with Gasteiger partial charge < -0.3 is 5.11 Å². The molecule has 0 aliphatic carbocycles. The Bertz CT molecular complexity index is 433. The summed E-state index contributed by atoms with van der Waals surface area (Å²) in [6.07, 6.45) is -5.84. The summed E-state index contributed by atoms with van der Waals surface area (Å²) in [5.74, 6) is -5.26. The van der Waals surface area contributed by atoms with E-state index >= 15 is 0 Å². The van der Waals surface area contributed by atoms with Crippen molar-refractivity contribution in [3.05, 3.63) is 35.9 Å². The van der Waals surface area contributed by atoms with Crippen molar-refractivity contribution in [1.29, 1.82) is 0 Å². The van der Waals surface area contributed by atoms with E-state index in [0.29, 0.717) is 0 Å². The molecule has 1 atom stereocenters. The number of halogens is 5. The van der Waals surface area contributed by atoms with Crippen molar-refractivity contribution in [2.45, 2.75) is 38.5 Å². The van der Waals surface area contributed by atoms with Gasteiger partial charge in [0.15, 0.2) is 5.60 Å². The third kappa shape index (κ3) is 2.33. The maximum absolute atomic E-state index is 13.8. The predicted molar refractivity (Wildman–Crippen MR) is 60.8 cm³/mol. The van der Waals surface area contributed by atoms with E-state index in [-0.39, 0.29) is 0 Å². The van der Waals surface area contributed by atoms with E-state index in [1.165, 1.54) is 18.2 Å². The minimum atomic E-state index is -5.84. The molecule has 0 bridgehead atoms. The molecule has 1 aromatic carbocycles. The molecular formula is C13H15F5O. The average molecular weight is 282 g/mol. The van der Waals surface area contributed by atoms with Crippen molar-refractivity contribution >= 4 is 0 Å². The topological polar surface area (TPSA) is 20.2 Å². The van der Waals surface area contributed by atoms with Crippen molar-refractivity contribution < 1.29 is 27.1 Å². The van der Waals surface area contributed by atoms with E-state index in [1.54, 1.807) is 0 Å². The summed E-state index contributed by atoms with van der Waals surface area (Å²) in [5, 5.41) is 10.2. The van der Waals surface area contributed by atoms with E-state index in [4.69, 9.17) is 0 Å². The van der Waals surface area contributed by atoms with Crippen LogP contribution in [-0.4, -0.2) is 17.2 Å². The second-order valence-electron chi connectivity index (χ2n) is 5.40. The third-order valence-corrected chi connectivity index (χ3v) is 3.09. The molecule has 0 aromatic heterocycles. The molecule has 1 aromatic rings. The monoisotopic (exact) mass is 282 g/mol. The molecule has 1 unspecified atom stereocenters. The Kier molecular flexibility index (Phi) is 3.71. The molecule has 1 rings (SSSR count). The molecule has 0 aliphatic heterocycles. The Morgan fingerprint density at radius 2 is 1.26 bits per heavy atom. The Labute approximate surface area is 108 Å². The normalized spacial score (nSPS) is 17.1. The highest BCUT2D eigenvalue weighted by Crippen LogP contribution is 2.55. The quantitative estimate of drug-likeness (QED) is 0.809. The fourth-order valence-corrected chi connectivity index (χ4v) is 1.97. The van der Waals surface area contributed by atoms with Gasteiger partial charge in [0.2, 0.25) is 0 Å². The average Bonchev–Trinajstić information content (AvgIpc) is 2.25. The van der Waals surface area contributed by atoms with E-state index in [9.17, 15) is 27.1 Å². The minimum absolute atomic E-state index is 0.468. The van der Waals surface area contributed by atoms with Gasteiger partial charge in [0.1, 0.15) is 0 Å². The molecule has 0 radical (unpaired) electrons. The van der Waals surface area contributed by atoms with Crippen molar-refractivity contribution in [2.24, 2.45) is 5.41 Å². The molecule has 108 valence electrons. The zero-order valence-corrected chi connectivity index (χ0v) is 10.7. The summed E-state index contributed by atoms with van der Waals surface area (Å²) in [4.78, 5) is 0.